The van der Waals surface area contributed by atoms with Crippen LogP contribution in [0.4, 0.5) is 23.8 Å². The van der Waals surface area contributed by atoms with Crippen LogP contribution in [0, 0.1) is 0 Å². The lowest BCUT2D eigenvalue weighted by Crippen LogP contribution is -2.49. The Morgan fingerprint density at radius 3 is 2.53 bits per heavy atom. The van der Waals surface area contributed by atoms with E-state index >= 15 is 0 Å². The second kappa shape index (κ2) is 10.2. The Balaban J connectivity index is 1.59. The highest BCUT2D eigenvalue weighted by atomic mass is 32.1. The summed E-state index contributed by atoms with van der Waals surface area (Å²) in [5, 5.41) is 10.7. The SMILES string of the molecule is CCCc1cc2c(N3CCn4c(nnc4C(F)(F)F)C3)nc(OCC(C)(C)NC(=O)OC(C)(C)C)nc2s1. The van der Waals surface area contributed by atoms with Gasteiger partial charge in [0, 0.05) is 18.0 Å². The van der Waals surface area contributed by atoms with Crippen molar-refractivity contribution in [3.05, 3.63) is 22.6 Å². The number of thiophene rings is 1. The normalized spacial score (nSPS) is 14.5. The Bertz CT molecular complexity index is 1310. The molecular weight excluding hydrogens is 523 g/mol. The van der Waals surface area contributed by atoms with Crippen molar-refractivity contribution in [2.45, 2.75) is 84.8 Å². The molecule has 1 aliphatic rings. The minimum Gasteiger partial charge on any atom is -0.461 e. The van der Waals surface area contributed by atoms with Crippen LogP contribution in [0.1, 0.15) is 64.5 Å². The molecule has 0 unspecified atom stereocenters. The number of nitrogens with one attached hydrogen (secondary N) is 1. The van der Waals surface area contributed by atoms with Crippen LogP contribution in [0.3, 0.4) is 0 Å². The molecule has 0 radical (unpaired) electrons. The molecule has 3 aromatic heterocycles. The summed E-state index contributed by atoms with van der Waals surface area (Å²) in [7, 11) is 0. The topological polar surface area (TPSA) is 107 Å². The molecule has 4 rings (SSSR count). The number of hydrogen-bond donors (Lipinski definition) is 1. The zero-order valence-corrected chi connectivity index (χ0v) is 23.1. The van der Waals surface area contributed by atoms with E-state index in [1.165, 1.54) is 11.3 Å². The number of nitrogens with zero attached hydrogens (tertiary/aromatic N) is 6. The fourth-order valence-corrected chi connectivity index (χ4v) is 5.14. The van der Waals surface area contributed by atoms with Crippen molar-refractivity contribution >= 4 is 33.5 Å². The van der Waals surface area contributed by atoms with E-state index in [0.29, 0.717) is 5.82 Å². The lowest BCUT2D eigenvalue weighted by atomic mass is 10.1. The van der Waals surface area contributed by atoms with Gasteiger partial charge in [-0.25, -0.2) is 4.79 Å². The van der Waals surface area contributed by atoms with Crippen LogP contribution in [0.15, 0.2) is 6.07 Å². The summed E-state index contributed by atoms with van der Waals surface area (Å²) in [6, 6.07) is 2.14. The van der Waals surface area contributed by atoms with Gasteiger partial charge in [0.25, 0.3) is 0 Å². The smallest absolute Gasteiger partial charge is 0.451 e. The Labute approximate surface area is 222 Å². The summed E-state index contributed by atoms with van der Waals surface area (Å²) < 4.78 is 52.3. The molecule has 0 saturated heterocycles. The van der Waals surface area contributed by atoms with Gasteiger partial charge in [-0.15, -0.1) is 21.5 Å². The number of rotatable bonds is 7. The predicted molar refractivity (Wildman–Crippen MR) is 136 cm³/mol. The molecule has 14 heteroatoms. The van der Waals surface area contributed by atoms with Gasteiger partial charge in [-0.1, -0.05) is 13.3 Å². The van der Waals surface area contributed by atoms with Crippen molar-refractivity contribution in [2.75, 3.05) is 18.1 Å². The highest BCUT2D eigenvalue weighted by molar-refractivity contribution is 7.18. The molecule has 3 aromatic rings. The van der Waals surface area contributed by atoms with Gasteiger partial charge >= 0.3 is 18.3 Å². The second-order valence-corrected chi connectivity index (χ2v) is 11.9. The van der Waals surface area contributed by atoms with Gasteiger partial charge < -0.3 is 24.3 Å². The van der Waals surface area contributed by atoms with Crippen molar-refractivity contribution in [3.63, 3.8) is 0 Å². The highest BCUT2D eigenvalue weighted by Gasteiger charge is 2.40. The van der Waals surface area contributed by atoms with E-state index in [1.54, 1.807) is 34.6 Å². The fourth-order valence-electron chi connectivity index (χ4n) is 4.02. The molecule has 1 aliphatic heterocycles. The van der Waals surface area contributed by atoms with E-state index in [1.807, 2.05) is 11.0 Å². The summed E-state index contributed by atoms with van der Waals surface area (Å²) >= 11 is 1.53. The maximum atomic E-state index is 13.3. The zero-order valence-electron chi connectivity index (χ0n) is 22.3. The number of carbonyl (C=O) groups excluding carboxylic acids is 1. The van der Waals surface area contributed by atoms with Crippen LogP contribution in [0.25, 0.3) is 10.2 Å². The van der Waals surface area contributed by atoms with Crippen molar-refractivity contribution in [2.24, 2.45) is 0 Å². The number of hydrogen-bond acceptors (Lipinski definition) is 9. The second-order valence-electron chi connectivity index (χ2n) is 10.8. The average Bonchev–Trinajstić information content (AvgIpc) is 3.38. The Kier molecular flexibility index (Phi) is 7.47. The number of alkyl halides is 3. The first-order valence-corrected chi connectivity index (χ1v) is 13.2. The number of halogens is 3. The molecule has 1 N–H and O–H groups in total. The van der Waals surface area contributed by atoms with Gasteiger partial charge in [0.2, 0.25) is 5.82 Å². The third-order valence-electron chi connectivity index (χ3n) is 5.61. The lowest BCUT2D eigenvalue weighted by Gasteiger charge is -2.30. The van der Waals surface area contributed by atoms with E-state index in [4.69, 9.17) is 9.47 Å². The van der Waals surface area contributed by atoms with Crippen molar-refractivity contribution < 1.29 is 27.4 Å². The molecule has 0 aliphatic carbocycles. The fraction of sp³-hybridized carbons (Fsp3) is 0.625. The first-order chi connectivity index (χ1) is 17.6. The zero-order chi connectivity index (χ0) is 27.9. The first kappa shape index (κ1) is 27.9. The Hall–Kier alpha value is -3.16. The van der Waals surface area contributed by atoms with Gasteiger partial charge in [-0.3, -0.25) is 0 Å². The van der Waals surface area contributed by atoms with Gasteiger partial charge in [0.1, 0.15) is 22.9 Å². The molecule has 208 valence electrons. The summed E-state index contributed by atoms with van der Waals surface area (Å²) in [4.78, 5) is 25.2. The average molecular weight is 556 g/mol. The van der Waals surface area contributed by atoms with Crippen LogP contribution in [0.5, 0.6) is 6.01 Å². The molecule has 0 spiro atoms. The van der Waals surface area contributed by atoms with Crippen molar-refractivity contribution in [1.29, 1.82) is 0 Å². The molecule has 10 nitrogen and oxygen atoms in total. The van der Waals surface area contributed by atoms with Gasteiger partial charge in [0.05, 0.1) is 17.5 Å². The number of amides is 1. The van der Waals surface area contributed by atoms with E-state index < -0.39 is 29.2 Å². The molecule has 0 aromatic carbocycles. The van der Waals surface area contributed by atoms with Crippen LogP contribution < -0.4 is 15.0 Å². The van der Waals surface area contributed by atoms with Crippen LogP contribution >= 0.6 is 11.3 Å². The number of aryl methyl sites for hydroxylation is 1. The van der Waals surface area contributed by atoms with Crippen molar-refractivity contribution in [3.8, 4) is 6.01 Å². The molecule has 0 atom stereocenters. The molecule has 4 heterocycles. The van der Waals surface area contributed by atoms with Gasteiger partial charge in [0.15, 0.2) is 5.82 Å². The van der Waals surface area contributed by atoms with E-state index in [-0.39, 0.29) is 38.1 Å². The van der Waals surface area contributed by atoms with Crippen LogP contribution in [-0.4, -0.2) is 55.1 Å². The van der Waals surface area contributed by atoms with E-state index in [9.17, 15) is 18.0 Å². The number of fused-ring (bicyclic) bond motifs is 2. The number of anilines is 1. The van der Waals surface area contributed by atoms with Gasteiger partial charge in [-0.2, -0.15) is 23.1 Å². The van der Waals surface area contributed by atoms with Gasteiger partial charge in [-0.05, 0) is 47.1 Å². The Morgan fingerprint density at radius 2 is 1.87 bits per heavy atom. The molecule has 0 fully saturated rings. The van der Waals surface area contributed by atoms with Crippen molar-refractivity contribution in [1.82, 2.24) is 30.0 Å². The third kappa shape index (κ3) is 6.45. The molecule has 1 amide bonds. The van der Waals surface area contributed by atoms with Crippen LogP contribution in [-0.2, 0) is 30.4 Å². The number of carbonyl (C=O) groups is 1. The minimum atomic E-state index is -4.57. The maximum Gasteiger partial charge on any atom is 0.451 e. The minimum absolute atomic E-state index is 0.0631. The molecular formula is C24H32F3N7O3S. The molecule has 0 bridgehead atoms. The van der Waals surface area contributed by atoms with E-state index in [0.717, 1.165) is 32.5 Å². The number of alkyl carbamates (subject to hydrolysis) is 1. The molecule has 0 saturated carbocycles. The summed E-state index contributed by atoms with van der Waals surface area (Å²) in [6.45, 7) is 11.5. The largest absolute Gasteiger partial charge is 0.461 e. The predicted octanol–water partition coefficient (Wildman–Crippen LogP) is 4.96. The summed E-state index contributed by atoms with van der Waals surface area (Å²) in [5.74, 6) is -0.224. The summed E-state index contributed by atoms with van der Waals surface area (Å²) in [5.41, 5.74) is -1.43. The first-order valence-electron chi connectivity index (χ1n) is 12.3. The Morgan fingerprint density at radius 1 is 1.13 bits per heavy atom. The lowest BCUT2D eigenvalue weighted by molar-refractivity contribution is -0.147. The monoisotopic (exact) mass is 555 g/mol. The van der Waals surface area contributed by atoms with Crippen LogP contribution in [0.2, 0.25) is 0 Å². The summed E-state index contributed by atoms with van der Waals surface area (Å²) in [6.07, 6.45) is -3.32. The number of ether oxygens (including phenoxy) is 2. The standard InChI is InChI=1S/C24H32F3N7O3S/c1-7-8-14-11-15-17(33-9-10-34-16(12-33)31-32-19(34)24(25,26)27)28-20(29-18(15)38-14)36-13-23(5,6)30-21(35)37-22(2,3)4/h11H,7-10,12-13H2,1-6H3,(H,30,35). The van der Waals surface area contributed by atoms with E-state index in [2.05, 4.69) is 32.4 Å². The highest BCUT2D eigenvalue weighted by Crippen LogP contribution is 2.36. The third-order valence-corrected chi connectivity index (χ3v) is 6.70. The maximum absolute atomic E-state index is 13.3. The quantitative estimate of drug-likeness (QED) is 0.436. The number of aromatic nitrogens is 5. The molecule has 38 heavy (non-hydrogen) atoms.